The summed E-state index contributed by atoms with van der Waals surface area (Å²) in [6.07, 6.45) is 12.6. The van der Waals surface area contributed by atoms with Crippen molar-refractivity contribution >= 4 is 0 Å². The molecular formula is C20H31N. The van der Waals surface area contributed by atoms with Gasteiger partial charge in [0.25, 0.3) is 0 Å². The van der Waals surface area contributed by atoms with E-state index in [2.05, 4.69) is 42.6 Å². The lowest BCUT2D eigenvalue weighted by Crippen LogP contribution is -2.45. The summed E-state index contributed by atoms with van der Waals surface area (Å²) in [7, 11) is 0. The van der Waals surface area contributed by atoms with Crippen molar-refractivity contribution in [2.75, 3.05) is 0 Å². The zero-order valence-electron chi connectivity index (χ0n) is 13.6. The Morgan fingerprint density at radius 3 is 2.29 bits per heavy atom. The highest BCUT2D eigenvalue weighted by atomic mass is 15.0. The second-order valence-electron chi connectivity index (χ2n) is 7.30. The maximum atomic E-state index is 4.10. The molecule has 2 aliphatic rings. The van der Waals surface area contributed by atoms with Gasteiger partial charge < -0.3 is 5.32 Å². The number of hydrogen-bond donors (Lipinski definition) is 1. The van der Waals surface area contributed by atoms with Crippen LogP contribution < -0.4 is 5.32 Å². The zero-order chi connectivity index (χ0) is 14.5. The van der Waals surface area contributed by atoms with Crippen LogP contribution in [0, 0.1) is 5.92 Å². The first kappa shape index (κ1) is 15.1. The van der Waals surface area contributed by atoms with Gasteiger partial charge >= 0.3 is 0 Å². The smallest absolute Gasteiger partial charge is 0.0138 e. The summed E-state index contributed by atoms with van der Waals surface area (Å²) in [6, 6.07) is 12.7. The van der Waals surface area contributed by atoms with Gasteiger partial charge in [-0.3, -0.25) is 0 Å². The van der Waals surface area contributed by atoms with Crippen molar-refractivity contribution in [3.63, 3.8) is 0 Å². The molecule has 2 aliphatic carbocycles. The van der Waals surface area contributed by atoms with Crippen molar-refractivity contribution in [2.45, 2.75) is 82.7 Å². The summed E-state index contributed by atoms with van der Waals surface area (Å²) in [5.41, 5.74) is 1.55. The van der Waals surface area contributed by atoms with Gasteiger partial charge in [-0.1, -0.05) is 69.4 Å². The number of nitrogens with one attached hydrogen (secondary N) is 1. The van der Waals surface area contributed by atoms with Gasteiger partial charge in [-0.15, -0.1) is 0 Å². The van der Waals surface area contributed by atoms with Crippen molar-refractivity contribution in [1.82, 2.24) is 5.32 Å². The topological polar surface area (TPSA) is 12.0 Å². The fourth-order valence-electron chi connectivity index (χ4n) is 4.45. The maximum Gasteiger partial charge on any atom is 0.0138 e. The van der Waals surface area contributed by atoms with E-state index in [1.165, 1.54) is 57.8 Å². The fraction of sp³-hybridized carbons (Fsp3) is 0.700. The second-order valence-corrected chi connectivity index (χ2v) is 7.30. The summed E-state index contributed by atoms with van der Waals surface area (Å²) in [5, 5.41) is 4.10. The Balaban J connectivity index is 1.69. The molecule has 0 heterocycles. The molecule has 0 amide bonds. The van der Waals surface area contributed by atoms with Crippen LogP contribution >= 0.6 is 0 Å². The van der Waals surface area contributed by atoms with Crippen LogP contribution in [0.2, 0.25) is 0 Å². The summed E-state index contributed by atoms with van der Waals surface area (Å²) >= 11 is 0. The quantitative estimate of drug-likeness (QED) is 0.746. The lowest BCUT2D eigenvalue weighted by atomic mass is 9.79. The van der Waals surface area contributed by atoms with E-state index in [1.54, 1.807) is 5.56 Å². The van der Waals surface area contributed by atoms with Crippen LogP contribution in [0.25, 0.3) is 0 Å². The van der Waals surface area contributed by atoms with Gasteiger partial charge in [0.05, 0.1) is 0 Å². The number of rotatable bonds is 3. The normalized spacial score (nSPS) is 34.3. The molecule has 0 radical (unpaired) electrons. The van der Waals surface area contributed by atoms with Crippen molar-refractivity contribution in [3.8, 4) is 0 Å². The van der Waals surface area contributed by atoms with E-state index in [9.17, 15) is 0 Å². The average molecular weight is 285 g/mol. The Labute approximate surface area is 130 Å². The standard InChI is InChI=1S/C20H31N/c1-16-10-4-2-7-14-19(16)21-20-15-9-8-13-18(20)17-11-5-3-6-12-17/h3,5-6,11-12,16,18-21H,2,4,7-10,13-15H2,1H3. The lowest BCUT2D eigenvalue weighted by molar-refractivity contribution is 0.255. The molecule has 1 aromatic carbocycles. The Bertz CT molecular complexity index is 413. The van der Waals surface area contributed by atoms with Crippen molar-refractivity contribution in [2.24, 2.45) is 5.92 Å². The molecule has 0 aromatic heterocycles. The lowest BCUT2D eigenvalue weighted by Gasteiger charge is -2.37. The predicted molar refractivity (Wildman–Crippen MR) is 90.6 cm³/mol. The van der Waals surface area contributed by atoms with Gasteiger partial charge in [0.1, 0.15) is 0 Å². The highest BCUT2D eigenvalue weighted by Crippen LogP contribution is 2.34. The maximum absolute atomic E-state index is 4.10. The monoisotopic (exact) mass is 285 g/mol. The van der Waals surface area contributed by atoms with Crippen LogP contribution in [0.3, 0.4) is 0 Å². The first-order valence-electron chi connectivity index (χ1n) is 9.15. The van der Waals surface area contributed by atoms with Crippen molar-refractivity contribution in [1.29, 1.82) is 0 Å². The molecule has 2 saturated carbocycles. The van der Waals surface area contributed by atoms with E-state index < -0.39 is 0 Å². The number of hydrogen-bond acceptors (Lipinski definition) is 1. The molecule has 1 heteroatoms. The van der Waals surface area contributed by atoms with Gasteiger partial charge in [0.2, 0.25) is 0 Å². The molecule has 4 atom stereocenters. The number of benzene rings is 1. The summed E-state index contributed by atoms with van der Waals surface area (Å²) in [4.78, 5) is 0. The van der Waals surface area contributed by atoms with Gasteiger partial charge in [0.15, 0.2) is 0 Å². The molecule has 0 saturated heterocycles. The largest absolute Gasteiger partial charge is 0.310 e. The highest BCUT2D eigenvalue weighted by molar-refractivity contribution is 5.22. The SMILES string of the molecule is CC1CCCCCC1NC1CCCCC1c1ccccc1. The Kier molecular flexibility index (Phi) is 5.35. The minimum absolute atomic E-state index is 0.701. The molecule has 0 spiro atoms. The van der Waals surface area contributed by atoms with Gasteiger partial charge in [-0.2, -0.15) is 0 Å². The molecule has 21 heavy (non-hydrogen) atoms. The van der Waals surface area contributed by atoms with E-state index in [1.807, 2.05) is 0 Å². The average Bonchev–Trinajstić information content (AvgIpc) is 2.74. The molecule has 116 valence electrons. The van der Waals surface area contributed by atoms with Gasteiger partial charge in [-0.25, -0.2) is 0 Å². The first-order chi connectivity index (χ1) is 10.3. The fourth-order valence-corrected chi connectivity index (χ4v) is 4.45. The Hall–Kier alpha value is -0.820. The van der Waals surface area contributed by atoms with Crippen molar-refractivity contribution < 1.29 is 0 Å². The minimum atomic E-state index is 0.701. The second kappa shape index (κ2) is 7.45. The molecule has 1 nitrogen and oxygen atoms in total. The van der Waals surface area contributed by atoms with Gasteiger partial charge in [0, 0.05) is 12.1 Å². The molecule has 0 bridgehead atoms. The van der Waals surface area contributed by atoms with E-state index in [-0.39, 0.29) is 0 Å². The minimum Gasteiger partial charge on any atom is -0.310 e. The third kappa shape index (κ3) is 3.88. The molecule has 3 rings (SSSR count). The molecule has 1 aromatic rings. The summed E-state index contributed by atoms with van der Waals surface area (Å²) in [5.74, 6) is 1.58. The predicted octanol–water partition coefficient (Wildman–Crippen LogP) is 5.27. The van der Waals surface area contributed by atoms with E-state index in [4.69, 9.17) is 0 Å². The van der Waals surface area contributed by atoms with E-state index in [0.717, 1.165) is 17.9 Å². The molecule has 0 aliphatic heterocycles. The third-order valence-corrected chi connectivity index (χ3v) is 5.78. The molecule has 1 N–H and O–H groups in total. The third-order valence-electron chi connectivity index (χ3n) is 5.78. The molecular weight excluding hydrogens is 254 g/mol. The first-order valence-corrected chi connectivity index (χ1v) is 9.15. The van der Waals surface area contributed by atoms with Crippen molar-refractivity contribution in [3.05, 3.63) is 35.9 Å². The highest BCUT2D eigenvalue weighted by Gasteiger charge is 2.30. The van der Waals surface area contributed by atoms with Crippen LogP contribution in [-0.2, 0) is 0 Å². The van der Waals surface area contributed by atoms with E-state index >= 15 is 0 Å². The molecule has 4 unspecified atom stereocenters. The van der Waals surface area contributed by atoms with Crippen LogP contribution in [0.15, 0.2) is 30.3 Å². The van der Waals surface area contributed by atoms with Crippen LogP contribution in [0.4, 0.5) is 0 Å². The molecule has 2 fully saturated rings. The van der Waals surface area contributed by atoms with E-state index in [0.29, 0.717) is 6.04 Å². The van der Waals surface area contributed by atoms with Crippen LogP contribution in [-0.4, -0.2) is 12.1 Å². The Morgan fingerprint density at radius 2 is 1.43 bits per heavy atom. The van der Waals surface area contributed by atoms with Crippen LogP contribution in [0.1, 0.15) is 76.2 Å². The Morgan fingerprint density at radius 1 is 0.762 bits per heavy atom. The summed E-state index contributed by atoms with van der Waals surface area (Å²) < 4.78 is 0. The summed E-state index contributed by atoms with van der Waals surface area (Å²) in [6.45, 7) is 2.46. The zero-order valence-corrected chi connectivity index (χ0v) is 13.6. The van der Waals surface area contributed by atoms with Gasteiger partial charge in [-0.05, 0) is 43.1 Å². The van der Waals surface area contributed by atoms with Crippen LogP contribution in [0.5, 0.6) is 0 Å².